The van der Waals surface area contributed by atoms with E-state index in [0.717, 1.165) is 11.3 Å². The smallest absolute Gasteiger partial charge is 0.221 e. The molecular formula is C13H19N3O2. The molecule has 5 nitrogen and oxygen atoms in total. The van der Waals surface area contributed by atoms with Gasteiger partial charge in [-0.15, -0.1) is 0 Å². The Morgan fingerprint density at radius 1 is 1.39 bits per heavy atom. The molecule has 5 heteroatoms. The maximum Gasteiger partial charge on any atom is 0.221 e. The predicted molar refractivity (Wildman–Crippen MR) is 70.9 cm³/mol. The van der Waals surface area contributed by atoms with Gasteiger partial charge in [0.1, 0.15) is 0 Å². The van der Waals surface area contributed by atoms with Gasteiger partial charge < -0.3 is 16.4 Å². The van der Waals surface area contributed by atoms with Crippen LogP contribution >= 0.6 is 0 Å². The van der Waals surface area contributed by atoms with Gasteiger partial charge in [-0.2, -0.15) is 0 Å². The Balaban J connectivity index is 2.52. The molecular weight excluding hydrogens is 230 g/mol. The first kappa shape index (κ1) is 14.2. The average Bonchev–Trinajstić information content (AvgIpc) is 2.25. The van der Waals surface area contributed by atoms with Crippen LogP contribution < -0.4 is 16.4 Å². The molecule has 0 spiro atoms. The van der Waals surface area contributed by atoms with E-state index in [1.165, 1.54) is 6.92 Å². The molecule has 0 aromatic heterocycles. The number of rotatable bonds is 5. The van der Waals surface area contributed by atoms with Crippen LogP contribution in [0.15, 0.2) is 24.3 Å². The Bertz CT molecular complexity index is 430. The first-order chi connectivity index (χ1) is 8.47. The first-order valence-electron chi connectivity index (χ1n) is 5.86. The topological polar surface area (TPSA) is 84.2 Å². The summed E-state index contributed by atoms with van der Waals surface area (Å²) in [5.74, 6) is -0.192. The Morgan fingerprint density at radius 3 is 2.72 bits per heavy atom. The molecule has 1 atom stereocenters. The Morgan fingerprint density at radius 2 is 2.11 bits per heavy atom. The van der Waals surface area contributed by atoms with E-state index in [4.69, 9.17) is 5.73 Å². The van der Waals surface area contributed by atoms with Crippen molar-refractivity contribution in [1.29, 1.82) is 0 Å². The standard InChI is InChI=1S/C13H19N3O2/c1-9(14)6-13(18)15-8-11-4-3-5-12(7-11)16-10(2)17/h3-5,7,9H,6,8,14H2,1-2H3,(H,15,18)(H,16,17). The summed E-state index contributed by atoms with van der Waals surface area (Å²) >= 11 is 0. The minimum Gasteiger partial charge on any atom is -0.352 e. The minimum absolute atomic E-state index is 0.0741. The van der Waals surface area contributed by atoms with E-state index in [1.807, 2.05) is 18.2 Å². The highest BCUT2D eigenvalue weighted by atomic mass is 16.2. The van der Waals surface area contributed by atoms with Gasteiger partial charge in [0.25, 0.3) is 0 Å². The zero-order valence-corrected chi connectivity index (χ0v) is 10.7. The first-order valence-corrected chi connectivity index (χ1v) is 5.86. The van der Waals surface area contributed by atoms with Crippen molar-refractivity contribution in [3.63, 3.8) is 0 Å². The van der Waals surface area contributed by atoms with Crippen LogP contribution in [0.1, 0.15) is 25.8 Å². The zero-order valence-electron chi connectivity index (χ0n) is 10.7. The lowest BCUT2D eigenvalue weighted by atomic mass is 10.2. The molecule has 1 aromatic carbocycles. The summed E-state index contributed by atoms with van der Waals surface area (Å²) in [7, 11) is 0. The molecule has 0 radical (unpaired) electrons. The van der Waals surface area contributed by atoms with Gasteiger partial charge in [-0.1, -0.05) is 12.1 Å². The van der Waals surface area contributed by atoms with E-state index in [-0.39, 0.29) is 17.9 Å². The van der Waals surface area contributed by atoms with Gasteiger partial charge in [0.05, 0.1) is 0 Å². The third-order valence-electron chi connectivity index (χ3n) is 2.24. The zero-order chi connectivity index (χ0) is 13.5. The van der Waals surface area contributed by atoms with Crippen LogP contribution in [0.4, 0.5) is 5.69 Å². The average molecular weight is 249 g/mol. The molecule has 2 amide bonds. The fourth-order valence-electron chi connectivity index (χ4n) is 1.53. The van der Waals surface area contributed by atoms with Gasteiger partial charge in [-0.3, -0.25) is 9.59 Å². The highest BCUT2D eigenvalue weighted by Gasteiger charge is 2.04. The summed E-state index contributed by atoms with van der Waals surface area (Å²) in [6.07, 6.45) is 0.311. The number of carbonyl (C=O) groups is 2. The Hall–Kier alpha value is -1.88. The van der Waals surface area contributed by atoms with Crippen molar-refractivity contribution in [2.24, 2.45) is 5.73 Å². The van der Waals surface area contributed by atoms with E-state index in [9.17, 15) is 9.59 Å². The summed E-state index contributed by atoms with van der Waals surface area (Å²) in [6.45, 7) is 3.67. The number of nitrogens with one attached hydrogen (secondary N) is 2. The summed E-state index contributed by atoms with van der Waals surface area (Å²) in [5, 5.41) is 5.47. The lowest BCUT2D eigenvalue weighted by molar-refractivity contribution is -0.121. The van der Waals surface area contributed by atoms with Crippen LogP contribution in [0.25, 0.3) is 0 Å². The summed E-state index contributed by atoms with van der Waals surface area (Å²) in [6, 6.07) is 7.20. The van der Waals surface area contributed by atoms with E-state index in [1.54, 1.807) is 13.0 Å². The normalized spacial score (nSPS) is 11.7. The third kappa shape index (κ3) is 5.45. The van der Waals surface area contributed by atoms with Gasteiger partial charge >= 0.3 is 0 Å². The quantitative estimate of drug-likeness (QED) is 0.727. The van der Waals surface area contributed by atoms with Crippen LogP contribution in [0.2, 0.25) is 0 Å². The molecule has 0 bridgehead atoms. The monoisotopic (exact) mass is 249 g/mol. The number of carbonyl (C=O) groups excluding carboxylic acids is 2. The predicted octanol–water partition coefficient (Wildman–Crippen LogP) is 0.998. The van der Waals surface area contributed by atoms with Crippen LogP contribution in [-0.2, 0) is 16.1 Å². The van der Waals surface area contributed by atoms with Crippen molar-refractivity contribution < 1.29 is 9.59 Å². The second kappa shape index (κ2) is 6.76. The van der Waals surface area contributed by atoms with E-state index in [0.29, 0.717) is 13.0 Å². The number of hydrogen-bond donors (Lipinski definition) is 3. The SMILES string of the molecule is CC(=O)Nc1cccc(CNC(=O)CC(C)N)c1. The number of nitrogens with two attached hydrogens (primary N) is 1. The van der Waals surface area contributed by atoms with Crippen LogP contribution in [0.5, 0.6) is 0 Å². The molecule has 4 N–H and O–H groups in total. The Labute approximate surface area is 107 Å². The van der Waals surface area contributed by atoms with Crippen molar-refractivity contribution in [2.45, 2.75) is 32.9 Å². The molecule has 1 aromatic rings. The van der Waals surface area contributed by atoms with Crippen LogP contribution in [-0.4, -0.2) is 17.9 Å². The molecule has 98 valence electrons. The largest absolute Gasteiger partial charge is 0.352 e. The van der Waals surface area contributed by atoms with E-state index >= 15 is 0 Å². The van der Waals surface area contributed by atoms with Crippen molar-refractivity contribution in [1.82, 2.24) is 5.32 Å². The Kier molecular flexibility index (Phi) is 5.32. The number of amides is 2. The maximum atomic E-state index is 11.4. The molecule has 0 saturated heterocycles. The molecule has 1 rings (SSSR count). The van der Waals surface area contributed by atoms with Crippen molar-refractivity contribution in [3.8, 4) is 0 Å². The summed E-state index contributed by atoms with van der Waals surface area (Å²) < 4.78 is 0. The number of hydrogen-bond acceptors (Lipinski definition) is 3. The molecule has 1 unspecified atom stereocenters. The number of benzene rings is 1. The fourth-order valence-corrected chi connectivity index (χ4v) is 1.53. The van der Waals surface area contributed by atoms with Gasteiger partial charge in [-0.25, -0.2) is 0 Å². The van der Waals surface area contributed by atoms with Gasteiger partial charge in [0.2, 0.25) is 11.8 Å². The lowest BCUT2D eigenvalue weighted by Crippen LogP contribution is -2.29. The molecule has 0 aliphatic carbocycles. The summed E-state index contributed by atoms with van der Waals surface area (Å²) in [4.78, 5) is 22.3. The molecule has 0 fully saturated rings. The molecule has 18 heavy (non-hydrogen) atoms. The molecule has 0 aliphatic heterocycles. The van der Waals surface area contributed by atoms with Crippen molar-refractivity contribution >= 4 is 17.5 Å². The van der Waals surface area contributed by atoms with E-state index < -0.39 is 0 Å². The highest BCUT2D eigenvalue weighted by molar-refractivity contribution is 5.88. The van der Waals surface area contributed by atoms with E-state index in [2.05, 4.69) is 10.6 Å². The molecule has 0 heterocycles. The third-order valence-corrected chi connectivity index (χ3v) is 2.24. The van der Waals surface area contributed by atoms with Crippen molar-refractivity contribution in [2.75, 3.05) is 5.32 Å². The van der Waals surface area contributed by atoms with Crippen molar-refractivity contribution in [3.05, 3.63) is 29.8 Å². The van der Waals surface area contributed by atoms with Gasteiger partial charge in [0, 0.05) is 31.6 Å². The summed E-state index contributed by atoms with van der Waals surface area (Å²) in [5.41, 5.74) is 7.19. The maximum absolute atomic E-state index is 11.4. The van der Waals surface area contributed by atoms with Gasteiger partial charge in [-0.05, 0) is 24.6 Å². The second-order valence-corrected chi connectivity index (χ2v) is 4.34. The fraction of sp³-hybridized carbons (Fsp3) is 0.385. The minimum atomic E-state index is -0.143. The highest BCUT2D eigenvalue weighted by Crippen LogP contribution is 2.10. The van der Waals surface area contributed by atoms with Crippen LogP contribution in [0.3, 0.4) is 0 Å². The van der Waals surface area contributed by atoms with Gasteiger partial charge in [0.15, 0.2) is 0 Å². The second-order valence-electron chi connectivity index (χ2n) is 4.34. The van der Waals surface area contributed by atoms with Crippen LogP contribution in [0, 0.1) is 0 Å². The lowest BCUT2D eigenvalue weighted by Gasteiger charge is -2.09. The molecule has 0 saturated carbocycles. The number of anilines is 1. The molecule has 0 aliphatic rings.